The third-order valence-corrected chi connectivity index (χ3v) is 4.75. The third-order valence-electron chi connectivity index (χ3n) is 4.75. The molecule has 0 aromatic carbocycles. The number of pyridine rings is 1. The molecule has 0 bridgehead atoms. The molecule has 0 spiro atoms. The van der Waals surface area contributed by atoms with Gasteiger partial charge in [-0.15, -0.1) is 0 Å². The van der Waals surface area contributed by atoms with Crippen molar-refractivity contribution in [2.24, 2.45) is 13.0 Å². The van der Waals surface area contributed by atoms with Crippen molar-refractivity contribution >= 4 is 5.91 Å². The summed E-state index contributed by atoms with van der Waals surface area (Å²) in [6.45, 7) is 7.88. The quantitative estimate of drug-likeness (QED) is 0.804. The fourth-order valence-corrected chi connectivity index (χ4v) is 3.42. The average molecular weight is 371 g/mol. The standard InChI is InChI=1S/C20H29N5O2/c1-15(2)12-16-13-18(24(3)23-16)20(26)22-14-19(17-6-4-5-7-21-17)25-8-10-27-11-9-25/h4-7,13,15,19H,8-12,14H2,1-3H3,(H,22,26). The summed E-state index contributed by atoms with van der Waals surface area (Å²) in [5, 5.41) is 7.54. The molecule has 2 aromatic heterocycles. The molecule has 1 amide bonds. The molecule has 7 nitrogen and oxygen atoms in total. The molecule has 146 valence electrons. The predicted molar refractivity (Wildman–Crippen MR) is 103 cm³/mol. The van der Waals surface area contributed by atoms with Crippen molar-refractivity contribution in [2.75, 3.05) is 32.8 Å². The van der Waals surface area contributed by atoms with E-state index in [1.807, 2.05) is 31.3 Å². The monoisotopic (exact) mass is 371 g/mol. The normalized spacial score (nSPS) is 16.4. The molecule has 1 N–H and O–H groups in total. The highest BCUT2D eigenvalue weighted by molar-refractivity contribution is 5.92. The van der Waals surface area contributed by atoms with Crippen molar-refractivity contribution < 1.29 is 9.53 Å². The Kier molecular flexibility index (Phi) is 6.58. The SMILES string of the molecule is CC(C)Cc1cc(C(=O)NCC(c2ccccn2)N2CCOCC2)n(C)n1. The summed E-state index contributed by atoms with van der Waals surface area (Å²) in [4.78, 5) is 19.6. The lowest BCUT2D eigenvalue weighted by atomic mass is 10.1. The molecule has 3 heterocycles. The topological polar surface area (TPSA) is 72.3 Å². The first-order valence-corrected chi connectivity index (χ1v) is 9.58. The summed E-state index contributed by atoms with van der Waals surface area (Å²) >= 11 is 0. The maximum Gasteiger partial charge on any atom is 0.269 e. The van der Waals surface area contributed by atoms with Gasteiger partial charge in [0.15, 0.2) is 0 Å². The number of nitrogens with zero attached hydrogens (tertiary/aromatic N) is 4. The van der Waals surface area contributed by atoms with E-state index in [0.717, 1.165) is 30.9 Å². The van der Waals surface area contributed by atoms with E-state index in [0.29, 0.717) is 31.4 Å². The summed E-state index contributed by atoms with van der Waals surface area (Å²) < 4.78 is 7.13. The van der Waals surface area contributed by atoms with Crippen LogP contribution in [0.2, 0.25) is 0 Å². The van der Waals surface area contributed by atoms with E-state index in [-0.39, 0.29) is 11.9 Å². The summed E-state index contributed by atoms with van der Waals surface area (Å²) in [7, 11) is 1.82. The molecule has 7 heteroatoms. The second kappa shape index (κ2) is 9.10. The molecule has 0 saturated carbocycles. The van der Waals surface area contributed by atoms with Crippen LogP contribution in [0.15, 0.2) is 30.5 Å². The lowest BCUT2D eigenvalue weighted by Crippen LogP contribution is -2.44. The molecule has 1 aliphatic rings. The Bertz CT molecular complexity index is 738. The Balaban J connectivity index is 1.69. The molecule has 0 aliphatic carbocycles. The second-order valence-electron chi connectivity index (χ2n) is 7.37. The second-order valence-corrected chi connectivity index (χ2v) is 7.37. The molecule has 3 rings (SSSR count). The maximum absolute atomic E-state index is 12.7. The first-order valence-electron chi connectivity index (χ1n) is 9.58. The van der Waals surface area contributed by atoms with E-state index in [4.69, 9.17) is 4.74 Å². The van der Waals surface area contributed by atoms with Crippen LogP contribution in [-0.4, -0.2) is 58.4 Å². The lowest BCUT2D eigenvalue weighted by molar-refractivity contribution is 0.0153. The summed E-state index contributed by atoms with van der Waals surface area (Å²) in [6, 6.07) is 7.82. The zero-order chi connectivity index (χ0) is 19.2. The van der Waals surface area contributed by atoms with Gasteiger partial charge in [0, 0.05) is 32.9 Å². The van der Waals surface area contributed by atoms with Crippen molar-refractivity contribution in [3.05, 3.63) is 47.5 Å². The Labute approximate surface area is 160 Å². The van der Waals surface area contributed by atoms with Gasteiger partial charge in [0.25, 0.3) is 5.91 Å². The molecular weight excluding hydrogens is 342 g/mol. The number of carbonyl (C=O) groups excluding carboxylic acids is 1. The Morgan fingerprint density at radius 1 is 1.30 bits per heavy atom. The summed E-state index contributed by atoms with van der Waals surface area (Å²) in [5.41, 5.74) is 2.50. The van der Waals surface area contributed by atoms with Crippen LogP contribution >= 0.6 is 0 Å². The van der Waals surface area contributed by atoms with Gasteiger partial charge in [-0.1, -0.05) is 19.9 Å². The van der Waals surface area contributed by atoms with Crippen LogP contribution in [0.1, 0.15) is 41.8 Å². The molecule has 1 atom stereocenters. The number of hydrogen-bond donors (Lipinski definition) is 1. The van der Waals surface area contributed by atoms with Crippen LogP contribution < -0.4 is 5.32 Å². The number of aromatic nitrogens is 3. The zero-order valence-electron chi connectivity index (χ0n) is 16.4. The van der Waals surface area contributed by atoms with Crippen molar-refractivity contribution in [1.29, 1.82) is 0 Å². The first-order chi connectivity index (χ1) is 13.0. The highest BCUT2D eigenvalue weighted by Crippen LogP contribution is 2.19. The Morgan fingerprint density at radius 2 is 2.07 bits per heavy atom. The Morgan fingerprint density at radius 3 is 2.74 bits per heavy atom. The molecule has 27 heavy (non-hydrogen) atoms. The molecule has 1 fully saturated rings. The van der Waals surface area contributed by atoms with E-state index in [1.165, 1.54) is 0 Å². The van der Waals surface area contributed by atoms with Gasteiger partial charge >= 0.3 is 0 Å². The number of nitrogens with one attached hydrogen (secondary N) is 1. The first kappa shape index (κ1) is 19.5. The van der Waals surface area contributed by atoms with Crippen LogP contribution in [-0.2, 0) is 18.2 Å². The van der Waals surface area contributed by atoms with Crippen molar-refractivity contribution in [3.63, 3.8) is 0 Å². The molecular formula is C20H29N5O2. The highest BCUT2D eigenvalue weighted by atomic mass is 16.5. The average Bonchev–Trinajstić information content (AvgIpc) is 3.03. The fourth-order valence-electron chi connectivity index (χ4n) is 3.42. The van der Waals surface area contributed by atoms with Crippen LogP contribution in [0, 0.1) is 5.92 Å². The molecule has 1 saturated heterocycles. The number of morpholine rings is 1. The highest BCUT2D eigenvalue weighted by Gasteiger charge is 2.25. The van der Waals surface area contributed by atoms with Gasteiger partial charge in [-0.2, -0.15) is 5.10 Å². The minimum absolute atomic E-state index is 0.0300. The van der Waals surface area contributed by atoms with Gasteiger partial charge in [-0.05, 0) is 30.5 Å². The van der Waals surface area contributed by atoms with Crippen molar-refractivity contribution in [1.82, 2.24) is 25.0 Å². The molecule has 2 aromatic rings. The summed E-state index contributed by atoms with van der Waals surface area (Å²) in [5.74, 6) is 0.403. The number of aryl methyl sites for hydroxylation is 1. The number of ether oxygens (including phenoxy) is 1. The van der Waals surface area contributed by atoms with Crippen LogP contribution in [0.4, 0.5) is 0 Å². The Hall–Kier alpha value is -2.25. The minimum Gasteiger partial charge on any atom is -0.379 e. The maximum atomic E-state index is 12.7. The zero-order valence-corrected chi connectivity index (χ0v) is 16.4. The van der Waals surface area contributed by atoms with Crippen LogP contribution in [0.5, 0.6) is 0 Å². The molecule has 0 radical (unpaired) electrons. The van der Waals surface area contributed by atoms with Gasteiger partial charge < -0.3 is 10.1 Å². The predicted octanol–water partition coefficient (Wildman–Crippen LogP) is 1.82. The number of amides is 1. The fraction of sp³-hybridized carbons (Fsp3) is 0.550. The number of rotatable bonds is 7. The van der Waals surface area contributed by atoms with Gasteiger partial charge in [0.05, 0.1) is 30.6 Å². The van der Waals surface area contributed by atoms with Gasteiger partial charge in [0.1, 0.15) is 5.69 Å². The number of hydrogen-bond acceptors (Lipinski definition) is 5. The van der Waals surface area contributed by atoms with Crippen LogP contribution in [0.3, 0.4) is 0 Å². The van der Waals surface area contributed by atoms with Gasteiger partial charge in [-0.25, -0.2) is 0 Å². The lowest BCUT2D eigenvalue weighted by Gasteiger charge is -2.34. The third kappa shape index (κ3) is 5.14. The van der Waals surface area contributed by atoms with E-state index in [1.54, 1.807) is 10.9 Å². The van der Waals surface area contributed by atoms with E-state index < -0.39 is 0 Å². The smallest absolute Gasteiger partial charge is 0.269 e. The van der Waals surface area contributed by atoms with Crippen LogP contribution in [0.25, 0.3) is 0 Å². The number of carbonyl (C=O) groups is 1. The van der Waals surface area contributed by atoms with Gasteiger partial charge in [0.2, 0.25) is 0 Å². The van der Waals surface area contributed by atoms with E-state index in [9.17, 15) is 4.79 Å². The largest absolute Gasteiger partial charge is 0.379 e. The van der Waals surface area contributed by atoms with E-state index in [2.05, 4.69) is 34.1 Å². The summed E-state index contributed by atoms with van der Waals surface area (Å²) in [6.07, 6.45) is 2.66. The van der Waals surface area contributed by atoms with Crippen molar-refractivity contribution in [3.8, 4) is 0 Å². The van der Waals surface area contributed by atoms with Gasteiger partial charge in [-0.3, -0.25) is 19.4 Å². The molecule has 1 unspecified atom stereocenters. The minimum atomic E-state index is -0.103. The van der Waals surface area contributed by atoms with Crippen molar-refractivity contribution in [2.45, 2.75) is 26.3 Å². The molecule has 1 aliphatic heterocycles. The van der Waals surface area contributed by atoms with E-state index >= 15 is 0 Å².